The summed E-state index contributed by atoms with van der Waals surface area (Å²) in [5.74, 6) is 1.93. The molecule has 1 aliphatic heterocycles. The van der Waals surface area contributed by atoms with Crippen molar-refractivity contribution in [2.45, 2.75) is 34.1 Å². The normalized spacial score (nSPS) is 12.9. The Morgan fingerprint density at radius 1 is 0.964 bits per heavy atom. The first-order valence-electron chi connectivity index (χ1n) is 9.98. The SMILES string of the molecule is Cc1ccc2cccc3c2c1-c1c(c2cc(CC(C)(C)C)ccc2c[n+]1C)O3. The fraction of sp³-hybridized carbons (Fsp3) is 0.269. The van der Waals surface area contributed by atoms with Crippen LogP contribution in [0.1, 0.15) is 31.9 Å². The number of rotatable bonds is 1. The van der Waals surface area contributed by atoms with Crippen LogP contribution in [0.2, 0.25) is 0 Å². The molecule has 0 spiro atoms. The Morgan fingerprint density at radius 2 is 1.75 bits per heavy atom. The summed E-state index contributed by atoms with van der Waals surface area (Å²) >= 11 is 0. The molecule has 2 heteroatoms. The zero-order chi connectivity index (χ0) is 19.6. The highest BCUT2D eigenvalue weighted by Crippen LogP contribution is 2.48. The van der Waals surface area contributed by atoms with E-state index in [4.69, 9.17) is 4.74 Å². The van der Waals surface area contributed by atoms with E-state index < -0.39 is 0 Å². The summed E-state index contributed by atoms with van der Waals surface area (Å²) in [6.07, 6.45) is 3.27. The van der Waals surface area contributed by atoms with Gasteiger partial charge in [0.1, 0.15) is 12.8 Å². The van der Waals surface area contributed by atoms with Crippen molar-refractivity contribution < 1.29 is 9.30 Å². The summed E-state index contributed by atoms with van der Waals surface area (Å²) < 4.78 is 8.78. The van der Waals surface area contributed by atoms with Crippen LogP contribution in [-0.4, -0.2) is 0 Å². The molecule has 1 aliphatic rings. The maximum absolute atomic E-state index is 6.56. The number of benzene rings is 3. The zero-order valence-corrected chi connectivity index (χ0v) is 17.3. The van der Waals surface area contributed by atoms with Crippen LogP contribution in [0.3, 0.4) is 0 Å². The fourth-order valence-corrected chi connectivity index (χ4v) is 4.54. The summed E-state index contributed by atoms with van der Waals surface area (Å²) in [5, 5.41) is 4.85. The van der Waals surface area contributed by atoms with Crippen molar-refractivity contribution in [1.29, 1.82) is 0 Å². The van der Waals surface area contributed by atoms with E-state index in [2.05, 4.69) is 94.0 Å². The molecule has 2 nitrogen and oxygen atoms in total. The van der Waals surface area contributed by atoms with E-state index >= 15 is 0 Å². The number of hydrogen-bond acceptors (Lipinski definition) is 1. The lowest BCUT2D eigenvalue weighted by atomic mass is 9.87. The smallest absolute Gasteiger partial charge is 0.257 e. The molecule has 28 heavy (non-hydrogen) atoms. The molecular weight excluding hydrogens is 342 g/mol. The van der Waals surface area contributed by atoms with E-state index in [1.54, 1.807) is 0 Å². The molecule has 0 fully saturated rings. The molecule has 0 bridgehead atoms. The van der Waals surface area contributed by atoms with Crippen LogP contribution >= 0.6 is 0 Å². The fourth-order valence-electron chi connectivity index (χ4n) is 4.54. The molecule has 140 valence electrons. The Labute approximate surface area is 166 Å². The lowest BCUT2D eigenvalue weighted by Crippen LogP contribution is -2.32. The highest BCUT2D eigenvalue weighted by Gasteiger charge is 2.31. The third-order valence-electron chi connectivity index (χ3n) is 5.66. The molecule has 0 saturated heterocycles. The molecule has 3 aromatic carbocycles. The van der Waals surface area contributed by atoms with Gasteiger partial charge in [0.15, 0.2) is 6.20 Å². The Balaban J connectivity index is 1.86. The van der Waals surface area contributed by atoms with Gasteiger partial charge in [0, 0.05) is 16.2 Å². The molecule has 0 atom stereocenters. The predicted octanol–water partition coefficient (Wildman–Crippen LogP) is 6.49. The van der Waals surface area contributed by atoms with Gasteiger partial charge < -0.3 is 4.74 Å². The molecule has 2 heterocycles. The summed E-state index contributed by atoms with van der Waals surface area (Å²) in [6.45, 7) is 9.05. The molecule has 1 aromatic heterocycles. The van der Waals surface area contributed by atoms with Crippen LogP contribution < -0.4 is 9.30 Å². The maximum Gasteiger partial charge on any atom is 0.257 e. The molecule has 0 amide bonds. The number of nitrogens with zero attached hydrogens (tertiary/aromatic N) is 1. The van der Waals surface area contributed by atoms with E-state index in [0.717, 1.165) is 17.9 Å². The van der Waals surface area contributed by atoms with Crippen molar-refractivity contribution in [3.05, 3.63) is 65.9 Å². The van der Waals surface area contributed by atoms with Crippen LogP contribution in [0.15, 0.2) is 54.7 Å². The second-order valence-electron chi connectivity index (χ2n) is 9.29. The Morgan fingerprint density at radius 3 is 2.54 bits per heavy atom. The minimum Gasteiger partial charge on any atom is -0.449 e. The number of aromatic nitrogens is 1. The Hall–Kier alpha value is -2.87. The number of hydrogen-bond donors (Lipinski definition) is 0. The minimum atomic E-state index is 0.253. The number of ether oxygens (including phenoxy) is 1. The van der Waals surface area contributed by atoms with Gasteiger partial charge in [0.2, 0.25) is 5.75 Å². The largest absolute Gasteiger partial charge is 0.449 e. The predicted molar refractivity (Wildman–Crippen MR) is 116 cm³/mol. The van der Waals surface area contributed by atoms with Gasteiger partial charge in [-0.15, -0.1) is 0 Å². The molecule has 0 saturated carbocycles. The van der Waals surface area contributed by atoms with Gasteiger partial charge in [-0.1, -0.05) is 51.1 Å². The average Bonchev–Trinajstić information content (AvgIpc) is 2.63. The summed E-state index contributed by atoms with van der Waals surface area (Å²) in [6, 6.07) is 17.5. The number of fused-ring (bicyclic) bond motifs is 4. The monoisotopic (exact) mass is 368 g/mol. The summed E-state index contributed by atoms with van der Waals surface area (Å²) in [4.78, 5) is 0. The third kappa shape index (κ3) is 2.59. The van der Waals surface area contributed by atoms with Gasteiger partial charge in [-0.25, -0.2) is 0 Å². The third-order valence-corrected chi connectivity index (χ3v) is 5.66. The quantitative estimate of drug-likeness (QED) is 0.308. The van der Waals surface area contributed by atoms with E-state index in [-0.39, 0.29) is 5.41 Å². The molecule has 5 rings (SSSR count). The molecule has 0 radical (unpaired) electrons. The summed E-state index contributed by atoms with van der Waals surface area (Å²) in [5.41, 5.74) is 5.35. The zero-order valence-electron chi connectivity index (χ0n) is 17.3. The van der Waals surface area contributed by atoms with Crippen molar-refractivity contribution in [3.8, 4) is 22.8 Å². The van der Waals surface area contributed by atoms with E-state index in [1.165, 1.54) is 43.9 Å². The maximum atomic E-state index is 6.56. The van der Waals surface area contributed by atoms with Gasteiger partial charge in [-0.05, 0) is 53.5 Å². The second kappa shape index (κ2) is 5.81. The highest BCUT2D eigenvalue weighted by atomic mass is 16.5. The minimum absolute atomic E-state index is 0.253. The molecule has 4 aromatic rings. The van der Waals surface area contributed by atoms with Crippen LogP contribution in [0.5, 0.6) is 11.5 Å². The van der Waals surface area contributed by atoms with Crippen LogP contribution in [0, 0.1) is 12.3 Å². The van der Waals surface area contributed by atoms with E-state index in [9.17, 15) is 0 Å². The Kier molecular flexibility index (Phi) is 3.58. The van der Waals surface area contributed by atoms with Crippen molar-refractivity contribution in [2.24, 2.45) is 12.5 Å². The molecular formula is C26H26NO+. The van der Waals surface area contributed by atoms with Crippen molar-refractivity contribution in [2.75, 3.05) is 0 Å². The van der Waals surface area contributed by atoms with Crippen LogP contribution in [0.25, 0.3) is 32.8 Å². The topological polar surface area (TPSA) is 13.1 Å². The van der Waals surface area contributed by atoms with Gasteiger partial charge >= 0.3 is 0 Å². The molecule has 0 N–H and O–H groups in total. The molecule has 0 aliphatic carbocycles. The van der Waals surface area contributed by atoms with Crippen LogP contribution in [-0.2, 0) is 13.5 Å². The standard InChI is InChI=1S/C26H26NO/c1-16-9-11-18-7-6-8-21-23(18)22(16)24-25(28-21)20-13-17(14-26(2,3)4)10-12-19(20)15-27(24)5/h6-13,15H,14H2,1-5H3/q+1. The number of aryl methyl sites for hydroxylation is 2. The summed E-state index contributed by atoms with van der Waals surface area (Å²) in [7, 11) is 2.12. The van der Waals surface area contributed by atoms with Crippen molar-refractivity contribution in [3.63, 3.8) is 0 Å². The van der Waals surface area contributed by atoms with Crippen LogP contribution in [0.4, 0.5) is 0 Å². The first-order chi connectivity index (χ1) is 13.3. The van der Waals surface area contributed by atoms with E-state index in [1.807, 2.05) is 0 Å². The lowest BCUT2D eigenvalue weighted by molar-refractivity contribution is -0.659. The highest BCUT2D eigenvalue weighted by molar-refractivity contribution is 6.06. The molecule has 0 unspecified atom stereocenters. The van der Waals surface area contributed by atoms with Gasteiger partial charge in [-0.2, -0.15) is 4.57 Å². The first kappa shape index (κ1) is 17.2. The second-order valence-corrected chi connectivity index (χ2v) is 9.29. The van der Waals surface area contributed by atoms with Gasteiger partial charge in [0.25, 0.3) is 5.69 Å². The van der Waals surface area contributed by atoms with E-state index in [0.29, 0.717) is 0 Å². The van der Waals surface area contributed by atoms with Gasteiger partial charge in [-0.3, -0.25) is 0 Å². The lowest BCUT2D eigenvalue weighted by Gasteiger charge is -2.22. The Bertz CT molecular complexity index is 1260. The van der Waals surface area contributed by atoms with Crippen molar-refractivity contribution in [1.82, 2.24) is 0 Å². The first-order valence-corrected chi connectivity index (χ1v) is 9.98. The number of pyridine rings is 1. The van der Waals surface area contributed by atoms with Gasteiger partial charge in [0.05, 0.1) is 5.56 Å². The van der Waals surface area contributed by atoms with Crippen molar-refractivity contribution >= 4 is 21.5 Å². The average molecular weight is 369 g/mol.